The summed E-state index contributed by atoms with van der Waals surface area (Å²) in [5.41, 5.74) is -1.02. The van der Waals surface area contributed by atoms with Gasteiger partial charge in [0.25, 0.3) is 0 Å². The number of halogens is 4. The summed E-state index contributed by atoms with van der Waals surface area (Å²) in [5.74, 6) is 0. The molecule has 1 fully saturated rings. The average molecular weight is 453 g/mol. The molecule has 1 aromatic heterocycles. The van der Waals surface area contributed by atoms with Crippen molar-refractivity contribution in [3.63, 3.8) is 0 Å². The highest BCUT2D eigenvalue weighted by Gasteiger charge is 2.33. The fourth-order valence-electron chi connectivity index (χ4n) is 3.11. The molecule has 1 aromatic carbocycles. The number of hydrogen-bond donors (Lipinski definition) is 1. The van der Waals surface area contributed by atoms with Crippen molar-refractivity contribution in [2.45, 2.75) is 48.8 Å². The molecule has 1 aliphatic rings. The molecule has 0 spiro atoms. The van der Waals surface area contributed by atoms with Crippen LogP contribution in [0.3, 0.4) is 0 Å². The van der Waals surface area contributed by atoms with Gasteiger partial charge in [-0.2, -0.15) is 13.2 Å². The lowest BCUT2D eigenvalue weighted by molar-refractivity contribution is -0.137. The van der Waals surface area contributed by atoms with Crippen molar-refractivity contribution in [3.8, 4) is 0 Å². The number of benzene rings is 1. The van der Waals surface area contributed by atoms with Crippen molar-refractivity contribution in [2.75, 3.05) is 0 Å². The molecular formula is C15H16BrF3N4O2S. The van der Waals surface area contributed by atoms with Gasteiger partial charge in [-0.1, -0.05) is 15.9 Å². The Kier molecular flexibility index (Phi) is 5.40. The van der Waals surface area contributed by atoms with Gasteiger partial charge in [-0.3, -0.25) is 0 Å². The van der Waals surface area contributed by atoms with E-state index in [1.165, 1.54) is 0 Å². The summed E-state index contributed by atoms with van der Waals surface area (Å²) in [5, 5.41) is 7.50. The first-order chi connectivity index (χ1) is 12.1. The number of alkyl halides is 3. The Balaban J connectivity index is 1.79. The van der Waals surface area contributed by atoms with E-state index in [9.17, 15) is 21.6 Å². The maximum atomic E-state index is 13.0. The second-order valence-electron chi connectivity index (χ2n) is 6.22. The minimum atomic E-state index is -4.63. The van der Waals surface area contributed by atoms with E-state index in [0.717, 1.165) is 25.0 Å². The summed E-state index contributed by atoms with van der Waals surface area (Å²) in [6, 6.07) is 2.35. The van der Waals surface area contributed by atoms with Crippen LogP contribution in [0.25, 0.3) is 0 Å². The zero-order chi connectivity index (χ0) is 18.9. The van der Waals surface area contributed by atoms with Gasteiger partial charge < -0.3 is 4.57 Å². The largest absolute Gasteiger partial charge is 0.416 e. The summed E-state index contributed by atoms with van der Waals surface area (Å²) in [6.45, 7) is 0. The molecule has 6 nitrogen and oxygen atoms in total. The lowest BCUT2D eigenvalue weighted by Gasteiger charge is -2.30. The third kappa shape index (κ3) is 4.44. The number of nitrogens with zero attached hydrogens (tertiary/aromatic N) is 3. The van der Waals surface area contributed by atoms with Crippen LogP contribution in [0, 0.1) is 0 Å². The topological polar surface area (TPSA) is 76.9 Å². The SMILES string of the molecule is O=S(=O)(N[C@H]1CCC[C@@H](n2cnnc2)C1)c1cc(Br)cc(C(F)(F)F)c1. The van der Waals surface area contributed by atoms with Gasteiger partial charge in [0.1, 0.15) is 12.7 Å². The van der Waals surface area contributed by atoms with E-state index >= 15 is 0 Å². The summed E-state index contributed by atoms with van der Waals surface area (Å²) in [4.78, 5) is -0.411. The molecule has 0 radical (unpaired) electrons. The van der Waals surface area contributed by atoms with E-state index in [0.29, 0.717) is 18.9 Å². The van der Waals surface area contributed by atoms with Crippen molar-refractivity contribution >= 4 is 26.0 Å². The van der Waals surface area contributed by atoms with E-state index in [1.54, 1.807) is 12.7 Å². The second-order valence-corrected chi connectivity index (χ2v) is 8.85. The van der Waals surface area contributed by atoms with Crippen molar-refractivity contribution in [3.05, 3.63) is 40.9 Å². The predicted molar refractivity (Wildman–Crippen MR) is 90.8 cm³/mol. The maximum Gasteiger partial charge on any atom is 0.416 e. The zero-order valence-corrected chi connectivity index (χ0v) is 15.9. The molecular weight excluding hydrogens is 437 g/mol. The van der Waals surface area contributed by atoms with Gasteiger partial charge in [0, 0.05) is 16.6 Å². The summed E-state index contributed by atoms with van der Waals surface area (Å²) >= 11 is 2.95. The molecule has 0 bridgehead atoms. The Labute approximate surface area is 157 Å². The van der Waals surface area contributed by atoms with Crippen molar-refractivity contribution < 1.29 is 21.6 Å². The van der Waals surface area contributed by atoms with Gasteiger partial charge in [0.2, 0.25) is 10.0 Å². The maximum absolute atomic E-state index is 13.0. The first kappa shape index (κ1) is 19.3. The molecule has 0 saturated heterocycles. The van der Waals surface area contributed by atoms with Gasteiger partial charge in [-0.25, -0.2) is 13.1 Å². The summed E-state index contributed by atoms with van der Waals surface area (Å²) in [7, 11) is -4.08. The normalized spacial score (nSPS) is 21.7. The van der Waals surface area contributed by atoms with Crippen LogP contribution >= 0.6 is 15.9 Å². The van der Waals surface area contributed by atoms with Crippen molar-refractivity contribution in [1.82, 2.24) is 19.5 Å². The van der Waals surface area contributed by atoms with Gasteiger partial charge in [0.05, 0.1) is 10.5 Å². The molecule has 0 amide bonds. The van der Waals surface area contributed by atoms with Crippen LogP contribution in [0.5, 0.6) is 0 Å². The molecule has 1 N–H and O–H groups in total. The second kappa shape index (κ2) is 7.28. The summed E-state index contributed by atoms with van der Waals surface area (Å²) in [6.07, 6.45) is 1.33. The highest BCUT2D eigenvalue weighted by atomic mass is 79.9. The fourth-order valence-corrected chi connectivity index (χ4v) is 5.11. The predicted octanol–water partition coefficient (Wildman–Crippen LogP) is 3.52. The molecule has 11 heteroatoms. The Hall–Kier alpha value is -1.46. The summed E-state index contributed by atoms with van der Waals surface area (Å²) < 4.78 is 68.5. The number of nitrogens with one attached hydrogen (secondary N) is 1. The highest BCUT2D eigenvalue weighted by molar-refractivity contribution is 9.10. The van der Waals surface area contributed by atoms with Gasteiger partial charge >= 0.3 is 6.18 Å². The Morgan fingerprint density at radius 3 is 2.50 bits per heavy atom. The number of aromatic nitrogens is 3. The smallest absolute Gasteiger partial charge is 0.317 e. The van der Waals surface area contributed by atoms with Crippen LogP contribution in [-0.2, 0) is 16.2 Å². The third-order valence-corrected chi connectivity index (χ3v) is 6.29. The van der Waals surface area contributed by atoms with E-state index in [-0.39, 0.29) is 16.6 Å². The molecule has 2 aromatic rings. The van der Waals surface area contributed by atoms with Crippen LogP contribution in [0.15, 0.2) is 40.2 Å². The Morgan fingerprint density at radius 1 is 1.15 bits per heavy atom. The lowest BCUT2D eigenvalue weighted by Crippen LogP contribution is -2.38. The minimum absolute atomic E-state index is 0.0544. The van der Waals surface area contributed by atoms with Gasteiger partial charge in [0.15, 0.2) is 0 Å². The molecule has 0 aliphatic heterocycles. The third-order valence-electron chi connectivity index (χ3n) is 4.34. The average Bonchev–Trinajstić information content (AvgIpc) is 3.08. The van der Waals surface area contributed by atoms with Crippen LogP contribution in [-0.4, -0.2) is 29.2 Å². The standard InChI is InChI=1S/C15H16BrF3N4O2S/c16-11-4-10(15(17,18)19)5-14(6-11)26(24,25)22-12-2-1-3-13(7-12)23-8-20-21-9-23/h4-6,8-9,12-13,22H,1-3,7H2/t12-,13+/m0/s1. The molecule has 2 atom stereocenters. The minimum Gasteiger partial charge on any atom is -0.317 e. The quantitative estimate of drug-likeness (QED) is 0.769. The van der Waals surface area contributed by atoms with Crippen LogP contribution in [0.4, 0.5) is 13.2 Å². The molecule has 0 unspecified atom stereocenters. The van der Waals surface area contributed by atoms with Crippen LogP contribution in [0.2, 0.25) is 0 Å². The van der Waals surface area contributed by atoms with E-state index in [2.05, 4.69) is 30.8 Å². The number of sulfonamides is 1. The number of hydrogen-bond acceptors (Lipinski definition) is 4. The molecule has 1 aliphatic carbocycles. The zero-order valence-electron chi connectivity index (χ0n) is 13.4. The lowest BCUT2D eigenvalue weighted by atomic mass is 9.91. The van der Waals surface area contributed by atoms with Gasteiger partial charge in [-0.05, 0) is 43.9 Å². The monoisotopic (exact) mass is 452 g/mol. The van der Waals surface area contributed by atoms with E-state index in [1.807, 2.05) is 4.57 Å². The van der Waals surface area contributed by atoms with E-state index in [4.69, 9.17) is 0 Å². The Morgan fingerprint density at radius 2 is 1.85 bits per heavy atom. The first-order valence-electron chi connectivity index (χ1n) is 7.89. The molecule has 1 heterocycles. The molecule has 142 valence electrons. The fraction of sp³-hybridized carbons (Fsp3) is 0.467. The van der Waals surface area contributed by atoms with Crippen molar-refractivity contribution in [2.24, 2.45) is 0 Å². The van der Waals surface area contributed by atoms with Crippen molar-refractivity contribution in [1.29, 1.82) is 0 Å². The van der Waals surface area contributed by atoms with E-state index < -0.39 is 26.7 Å². The molecule has 26 heavy (non-hydrogen) atoms. The number of rotatable bonds is 4. The first-order valence-corrected chi connectivity index (χ1v) is 10.2. The molecule has 3 rings (SSSR count). The Bertz CT molecular complexity index is 872. The van der Waals surface area contributed by atoms with Crippen LogP contribution < -0.4 is 4.72 Å². The molecule has 1 saturated carbocycles. The highest BCUT2D eigenvalue weighted by Crippen LogP contribution is 2.34. The van der Waals surface area contributed by atoms with Gasteiger partial charge in [-0.15, -0.1) is 10.2 Å². The van der Waals surface area contributed by atoms with Crippen LogP contribution in [0.1, 0.15) is 37.3 Å².